The Labute approximate surface area is 140 Å². The molecule has 0 unspecified atom stereocenters. The summed E-state index contributed by atoms with van der Waals surface area (Å²) in [5.74, 6) is 1.91. The molecule has 0 spiro atoms. The summed E-state index contributed by atoms with van der Waals surface area (Å²) < 4.78 is 3.15. The highest BCUT2D eigenvalue weighted by atomic mass is 35.5. The normalized spacial score (nSPS) is 14.7. The lowest BCUT2D eigenvalue weighted by Gasteiger charge is -2.07. The Morgan fingerprint density at radius 2 is 2.19 bits per heavy atom. The number of rotatable bonds is 5. The van der Waals surface area contributed by atoms with Gasteiger partial charge in [-0.3, -0.25) is 4.57 Å². The van der Waals surface area contributed by atoms with E-state index in [9.17, 15) is 0 Å². The second kappa shape index (κ2) is 5.76. The standard InChI is InChI=1S/C14H12ClN3S3/c15-12-6-5-10(21-12)8-20-14-17-16-13(11-2-1-7-19-11)18(14)9-3-4-9/h1-2,5-7,9H,3-4,8H2. The Morgan fingerprint density at radius 1 is 1.29 bits per heavy atom. The molecule has 3 heterocycles. The summed E-state index contributed by atoms with van der Waals surface area (Å²) >= 11 is 11.1. The van der Waals surface area contributed by atoms with Gasteiger partial charge in [-0.2, -0.15) is 0 Å². The van der Waals surface area contributed by atoms with Crippen molar-refractivity contribution in [1.82, 2.24) is 14.8 Å². The van der Waals surface area contributed by atoms with Crippen LogP contribution in [0.25, 0.3) is 10.7 Å². The van der Waals surface area contributed by atoms with Crippen molar-refractivity contribution in [1.29, 1.82) is 0 Å². The molecule has 3 aromatic heterocycles. The molecule has 0 amide bonds. The zero-order valence-corrected chi connectivity index (χ0v) is 14.2. The van der Waals surface area contributed by atoms with Gasteiger partial charge >= 0.3 is 0 Å². The third kappa shape index (κ3) is 2.90. The van der Waals surface area contributed by atoms with Crippen LogP contribution in [0.4, 0.5) is 0 Å². The lowest BCUT2D eigenvalue weighted by Crippen LogP contribution is -1.98. The van der Waals surface area contributed by atoms with Crippen molar-refractivity contribution in [2.24, 2.45) is 0 Å². The van der Waals surface area contributed by atoms with Crippen molar-refractivity contribution in [3.63, 3.8) is 0 Å². The summed E-state index contributed by atoms with van der Waals surface area (Å²) in [5, 5.41) is 11.9. The van der Waals surface area contributed by atoms with E-state index in [1.807, 2.05) is 6.07 Å². The van der Waals surface area contributed by atoms with E-state index in [2.05, 4.69) is 38.3 Å². The summed E-state index contributed by atoms with van der Waals surface area (Å²) in [6.07, 6.45) is 2.46. The molecule has 0 saturated heterocycles. The van der Waals surface area contributed by atoms with Gasteiger partial charge in [-0.05, 0) is 36.4 Å². The molecule has 7 heteroatoms. The fourth-order valence-electron chi connectivity index (χ4n) is 2.18. The molecular weight excluding hydrogens is 342 g/mol. The highest BCUT2D eigenvalue weighted by Crippen LogP contribution is 2.42. The van der Waals surface area contributed by atoms with Gasteiger partial charge in [0.2, 0.25) is 0 Å². The summed E-state index contributed by atoms with van der Waals surface area (Å²) in [4.78, 5) is 2.47. The predicted octanol–water partition coefficient (Wildman–Crippen LogP) is 5.35. The summed E-state index contributed by atoms with van der Waals surface area (Å²) in [6, 6.07) is 8.78. The first-order valence-corrected chi connectivity index (χ1v) is 9.73. The largest absolute Gasteiger partial charge is 0.298 e. The second-order valence-electron chi connectivity index (χ2n) is 4.88. The monoisotopic (exact) mass is 353 g/mol. The summed E-state index contributed by atoms with van der Waals surface area (Å²) in [5.41, 5.74) is 0. The van der Waals surface area contributed by atoms with Gasteiger partial charge in [-0.15, -0.1) is 32.9 Å². The van der Waals surface area contributed by atoms with Crippen LogP contribution in [0.5, 0.6) is 0 Å². The van der Waals surface area contributed by atoms with Crippen LogP contribution in [-0.2, 0) is 5.75 Å². The molecule has 0 aromatic carbocycles. The predicted molar refractivity (Wildman–Crippen MR) is 90.5 cm³/mol. The van der Waals surface area contributed by atoms with Gasteiger partial charge in [0.25, 0.3) is 0 Å². The maximum Gasteiger partial charge on any atom is 0.192 e. The number of hydrogen-bond acceptors (Lipinski definition) is 5. The van der Waals surface area contributed by atoms with Crippen molar-refractivity contribution in [2.45, 2.75) is 29.8 Å². The van der Waals surface area contributed by atoms with E-state index < -0.39 is 0 Å². The quantitative estimate of drug-likeness (QED) is 0.579. The first-order chi connectivity index (χ1) is 10.3. The number of hydrogen-bond donors (Lipinski definition) is 0. The van der Waals surface area contributed by atoms with Gasteiger partial charge < -0.3 is 0 Å². The topological polar surface area (TPSA) is 30.7 Å². The number of aromatic nitrogens is 3. The van der Waals surface area contributed by atoms with Crippen LogP contribution >= 0.6 is 46.0 Å². The molecule has 1 aliphatic rings. The fraction of sp³-hybridized carbons (Fsp3) is 0.286. The van der Waals surface area contributed by atoms with Crippen molar-refractivity contribution in [3.05, 3.63) is 38.9 Å². The molecule has 1 saturated carbocycles. The third-order valence-corrected chi connectivity index (χ3v) is 6.56. The molecule has 108 valence electrons. The van der Waals surface area contributed by atoms with E-state index in [-0.39, 0.29) is 0 Å². The molecule has 1 fully saturated rings. The summed E-state index contributed by atoms with van der Waals surface area (Å²) in [6.45, 7) is 0. The van der Waals surface area contributed by atoms with E-state index in [1.165, 1.54) is 22.6 Å². The number of nitrogens with zero attached hydrogens (tertiary/aromatic N) is 3. The first-order valence-electron chi connectivity index (χ1n) is 6.67. The molecule has 4 rings (SSSR count). The van der Waals surface area contributed by atoms with Crippen LogP contribution in [0.1, 0.15) is 23.8 Å². The highest BCUT2D eigenvalue weighted by molar-refractivity contribution is 7.98. The molecule has 1 aliphatic carbocycles. The van der Waals surface area contributed by atoms with Crippen LogP contribution in [-0.4, -0.2) is 14.8 Å². The van der Waals surface area contributed by atoms with Crippen molar-refractivity contribution in [3.8, 4) is 10.7 Å². The first kappa shape index (κ1) is 13.8. The van der Waals surface area contributed by atoms with Crippen LogP contribution in [0.15, 0.2) is 34.8 Å². The zero-order valence-electron chi connectivity index (χ0n) is 11.0. The number of thioether (sulfide) groups is 1. The average molecular weight is 354 g/mol. The molecule has 0 bridgehead atoms. The van der Waals surface area contributed by atoms with Crippen LogP contribution in [0.2, 0.25) is 4.34 Å². The molecule has 0 N–H and O–H groups in total. The lowest BCUT2D eigenvalue weighted by atomic mass is 10.4. The maximum atomic E-state index is 5.98. The van der Waals surface area contributed by atoms with E-state index >= 15 is 0 Å². The maximum absolute atomic E-state index is 5.98. The molecule has 21 heavy (non-hydrogen) atoms. The van der Waals surface area contributed by atoms with Gasteiger partial charge in [0.1, 0.15) is 0 Å². The Kier molecular flexibility index (Phi) is 3.79. The van der Waals surface area contributed by atoms with E-state index in [4.69, 9.17) is 11.6 Å². The molecule has 0 radical (unpaired) electrons. The minimum atomic E-state index is 0.575. The van der Waals surface area contributed by atoms with Crippen LogP contribution in [0, 0.1) is 0 Å². The van der Waals surface area contributed by atoms with Crippen molar-refractivity contribution in [2.75, 3.05) is 0 Å². The van der Waals surface area contributed by atoms with Gasteiger partial charge in [0.15, 0.2) is 11.0 Å². The third-order valence-electron chi connectivity index (χ3n) is 3.29. The van der Waals surface area contributed by atoms with Gasteiger partial charge in [0, 0.05) is 16.7 Å². The van der Waals surface area contributed by atoms with Gasteiger partial charge in [-0.1, -0.05) is 29.4 Å². The zero-order chi connectivity index (χ0) is 14.2. The summed E-state index contributed by atoms with van der Waals surface area (Å²) in [7, 11) is 0. The Hall–Kier alpha value is -0.820. The molecule has 0 atom stereocenters. The van der Waals surface area contributed by atoms with Gasteiger partial charge in [-0.25, -0.2) is 0 Å². The molecule has 3 nitrogen and oxygen atoms in total. The Bertz CT molecular complexity index is 743. The van der Waals surface area contributed by atoms with E-state index in [0.29, 0.717) is 6.04 Å². The molecular formula is C14H12ClN3S3. The Morgan fingerprint density at radius 3 is 2.86 bits per heavy atom. The van der Waals surface area contributed by atoms with E-state index in [1.54, 1.807) is 34.4 Å². The number of halogens is 1. The highest BCUT2D eigenvalue weighted by Gasteiger charge is 2.30. The lowest BCUT2D eigenvalue weighted by molar-refractivity contribution is 0.670. The van der Waals surface area contributed by atoms with E-state index in [0.717, 1.165) is 21.1 Å². The van der Waals surface area contributed by atoms with Crippen LogP contribution < -0.4 is 0 Å². The fourth-order valence-corrected chi connectivity index (χ4v) is 5.02. The number of thiophene rings is 2. The average Bonchev–Trinajstić information content (AvgIpc) is 2.93. The SMILES string of the molecule is Clc1ccc(CSc2nnc(-c3cccs3)n2C2CC2)s1. The smallest absolute Gasteiger partial charge is 0.192 e. The molecule has 0 aliphatic heterocycles. The van der Waals surface area contributed by atoms with Crippen LogP contribution in [0.3, 0.4) is 0 Å². The van der Waals surface area contributed by atoms with Gasteiger partial charge in [0.05, 0.1) is 9.21 Å². The molecule has 3 aromatic rings. The van der Waals surface area contributed by atoms with Crippen molar-refractivity contribution >= 4 is 46.0 Å². The van der Waals surface area contributed by atoms with Crippen molar-refractivity contribution < 1.29 is 0 Å². The minimum absolute atomic E-state index is 0.575. The minimum Gasteiger partial charge on any atom is -0.298 e. The Balaban J connectivity index is 1.60. The second-order valence-corrected chi connectivity index (χ2v) is 8.57.